The molecule has 0 bridgehead atoms. The van der Waals surface area contributed by atoms with Crippen LogP contribution in [0.5, 0.6) is 11.5 Å². The summed E-state index contributed by atoms with van der Waals surface area (Å²) in [5, 5.41) is 2.76. The number of hydrogen-bond donors (Lipinski definition) is 1. The van der Waals surface area contributed by atoms with E-state index in [4.69, 9.17) is 14.2 Å². The summed E-state index contributed by atoms with van der Waals surface area (Å²) in [6, 6.07) is 20.3. The van der Waals surface area contributed by atoms with Crippen LogP contribution in [-0.4, -0.2) is 38.5 Å². The van der Waals surface area contributed by atoms with Gasteiger partial charge in [0.25, 0.3) is 5.91 Å². The number of rotatable bonds is 9. The molecule has 0 radical (unpaired) electrons. The van der Waals surface area contributed by atoms with Crippen LogP contribution < -0.4 is 14.8 Å². The van der Waals surface area contributed by atoms with Crippen molar-refractivity contribution in [3.8, 4) is 11.5 Å². The summed E-state index contributed by atoms with van der Waals surface area (Å²) in [5.41, 5.74) is 2.11. The zero-order chi connectivity index (χ0) is 23.6. The molecule has 0 atom stereocenters. The fourth-order valence-corrected chi connectivity index (χ4v) is 2.91. The van der Waals surface area contributed by atoms with E-state index in [9.17, 15) is 14.4 Å². The predicted molar refractivity (Wildman–Crippen MR) is 125 cm³/mol. The third-order valence-corrected chi connectivity index (χ3v) is 4.69. The predicted octanol–water partition coefficient (Wildman–Crippen LogP) is 4.40. The van der Waals surface area contributed by atoms with Gasteiger partial charge in [0.05, 0.1) is 14.2 Å². The van der Waals surface area contributed by atoms with Crippen molar-refractivity contribution in [1.29, 1.82) is 0 Å². The topological polar surface area (TPSA) is 90.9 Å². The van der Waals surface area contributed by atoms with Crippen LogP contribution in [0.4, 0.5) is 5.69 Å². The second kappa shape index (κ2) is 11.3. The Labute approximate surface area is 191 Å². The van der Waals surface area contributed by atoms with Gasteiger partial charge in [0.1, 0.15) is 11.5 Å². The van der Waals surface area contributed by atoms with Crippen molar-refractivity contribution >= 4 is 29.4 Å². The van der Waals surface area contributed by atoms with Crippen LogP contribution in [0.3, 0.4) is 0 Å². The van der Waals surface area contributed by atoms with Gasteiger partial charge >= 0.3 is 5.97 Å². The number of esters is 1. The summed E-state index contributed by atoms with van der Waals surface area (Å²) < 4.78 is 15.4. The molecule has 0 aliphatic rings. The smallest absolute Gasteiger partial charge is 0.331 e. The van der Waals surface area contributed by atoms with Crippen molar-refractivity contribution < 1.29 is 28.6 Å². The van der Waals surface area contributed by atoms with Crippen LogP contribution in [0.1, 0.15) is 26.3 Å². The number of amides is 1. The molecule has 0 aromatic heterocycles. The Morgan fingerprint density at radius 3 is 2.24 bits per heavy atom. The Bertz CT molecular complexity index is 1150. The standard InChI is InChI=1S/C26H23NO6/c1-31-22-14-10-19(24(16-22)32-2)11-15-25(29)33-17-23(28)18-8-12-21(13-9-18)27-26(30)20-6-4-3-5-7-20/h3-16H,17H2,1-2H3,(H,27,30)/b15-11+. The highest BCUT2D eigenvalue weighted by molar-refractivity contribution is 6.04. The number of ether oxygens (including phenoxy) is 3. The van der Waals surface area contributed by atoms with Gasteiger partial charge in [-0.25, -0.2) is 4.79 Å². The van der Waals surface area contributed by atoms with Gasteiger partial charge in [0.15, 0.2) is 12.4 Å². The quantitative estimate of drug-likeness (QED) is 0.298. The lowest BCUT2D eigenvalue weighted by atomic mass is 10.1. The Morgan fingerprint density at radius 2 is 1.58 bits per heavy atom. The van der Waals surface area contributed by atoms with Crippen molar-refractivity contribution in [2.24, 2.45) is 0 Å². The van der Waals surface area contributed by atoms with Crippen LogP contribution in [0, 0.1) is 0 Å². The molecule has 3 rings (SSSR count). The lowest BCUT2D eigenvalue weighted by molar-refractivity contribution is -0.136. The molecule has 0 saturated heterocycles. The van der Waals surface area contributed by atoms with E-state index < -0.39 is 12.6 Å². The summed E-state index contributed by atoms with van der Waals surface area (Å²) in [6.07, 6.45) is 2.76. The maximum atomic E-state index is 12.3. The van der Waals surface area contributed by atoms with E-state index in [0.717, 1.165) is 0 Å². The number of hydrogen-bond acceptors (Lipinski definition) is 6. The van der Waals surface area contributed by atoms with Gasteiger partial charge in [-0.05, 0) is 54.6 Å². The highest BCUT2D eigenvalue weighted by Crippen LogP contribution is 2.25. The molecule has 3 aromatic rings. The van der Waals surface area contributed by atoms with Gasteiger partial charge < -0.3 is 19.5 Å². The SMILES string of the molecule is COc1ccc(/C=C/C(=O)OCC(=O)c2ccc(NC(=O)c3ccccc3)cc2)c(OC)c1. The fourth-order valence-electron chi connectivity index (χ4n) is 2.91. The van der Waals surface area contributed by atoms with Crippen molar-refractivity contribution in [3.63, 3.8) is 0 Å². The number of Topliss-reactive ketones (excluding diaryl/α,β-unsaturated/α-hetero) is 1. The number of benzene rings is 3. The van der Waals surface area contributed by atoms with Gasteiger partial charge in [-0.1, -0.05) is 18.2 Å². The average molecular weight is 445 g/mol. The molecule has 1 amide bonds. The molecule has 0 fully saturated rings. The Balaban J connectivity index is 1.52. The van der Waals surface area contributed by atoms with E-state index in [1.54, 1.807) is 73.8 Å². The molecule has 0 aliphatic carbocycles. The monoisotopic (exact) mass is 445 g/mol. The first kappa shape index (κ1) is 23.3. The van der Waals surface area contributed by atoms with Gasteiger partial charge in [0, 0.05) is 34.5 Å². The zero-order valence-electron chi connectivity index (χ0n) is 18.2. The van der Waals surface area contributed by atoms with Gasteiger partial charge in [-0.3, -0.25) is 9.59 Å². The molecule has 0 aliphatic heterocycles. The molecule has 3 aromatic carbocycles. The van der Waals surface area contributed by atoms with Gasteiger partial charge in [-0.2, -0.15) is 0 Å². The molecule has 0 spiro atoms. The first-order chi connectivity index (χ1) is 16.0. The lowest BCUT2D eigenvalue weighted by Crippen LogP contribution is -2.13. The van der Waals surface area contributed by atoms with Crippen molar-refractivity contribution in [2.75, 3.05) is 26.1 Å². The third kappa shape index (κ3) is 6.54. The van der Waals surface area contributed by atoms with E-state index >= 15 is 0 Å². The lowest BCUT2D eigenvalue weighted by Gasteiger charge is -2.07. The summed E-state index contributed by atoms with van der Waals surface area (Å²) in [6.45, 7) is -0.404. The van der Waals surface area contributed by atoms with E-state index in [2.05, 4.69) is 5.32 Å². The van der Waals surface area contributed by atoms with Gasteiger partial charge in [-0.15, -0.1) is 0 Å². The van der Waals surface area contributed by atoms with Gasteiger partial charge in [0.2, 0.25) is 0 Å². The first-order valence-corrected chi connectivity index (χ1v) is 10.1. The number of anilines is 1. The number of ketones is 1. The number of methoxy groups -OCH3 is 2. The maximum Gasteiger partial charge on any atom is 0.331 e. The number of nitrogens with one attached hydrogen (secondary N) is 1. The molecule has 168 valence electrons. The minimum Gasteiger partial charge on any atom is -0.497 e. The molecule has 0 saturated carbocycles. The minimum absolute atomic E-state index is 0.246. The van der Waals surface area contributed by atoms with Crippen LogP contribution in [0.2, 0.25) is 0 Å². The second-order valence-corrected chi connectivity index (χ2v) is 6.87. The number of carbonyl (C=O) groups is 3. The van der Waals surface area contributed by atoms with E-state index in [0.29, 0.717) is 33.9 Å². The Morgan fingerprint density at radius 1 is 0.848 bits per heavy atom. The largest absolute Gasteiger partial charge is 0.497 e. The Kier molecular flexibility index (Phi) is 7.96. The van der Waals surface area contributed by atoms with Crippen molar-refractivity contribution in [1.82, 2.24) is 0 Å². The van der Waals surface area contributed by atoms with Crippen molar-refractivity contribution in [2.45, 2.75) is 0 Å². The maximum absolute atomic E-state index is 12.3. The van der Waals surface area contributed by atoms with Crippen LogP contribution in [-0.2, 0) is 9.53 Å². The first-order valence-electron chi connectivity index (χ1n) is 10.1. The van der Waals surface area contributed by atoms with E-state index in [1.807, 2.05) is 6.07 Å². The van der Waals surface area contributed by atoms with E-state index in [-0.39, 0.29) is 11.7 Å². The Hall–Kier alpha value is -4.39. The fraction of sp³-hybridized carbons (Fsp3) is 0.115. The molecule has 0 unspecified atom stereocenters. The third-order valence-electron chi connectivity index (χ3n) is 4.69. The highest BCUT2D eigenvalue weighted by atomic mass is 16.5. The summed E-state index contributed by atoms with van der Waals surface area (Å²) in [7, 11) is 3.06. The second-order valence-electron chi connectivity index (χ2n) is 6.87. The van der Waals surface area contributed by atoms with E-state index in [1.165, 1.54) is 19.3 Å². The molecule has 7 nitrogen and oxygen atoms in total. The zero-order valence-corrected chi connectivity index (χ0v) is 18.2. The summed E-state index contributed by atoms with van der Waals surface area (Å²) in [5.74, 6) is -0.103. The van der Waals surface area contributed by atoms with Crippen LogP contribution >= 0.6 is 0 Å². The highest BCUT2D eigenvalue weighted by Gasteiger charge is 2.10. The molecular weight excluding hydrogens is 422 g/mol. The summed E-state index contributed by atoms with van der Waals surface area (Å²) >= 11 is 0. The molecule has 7 heteroatoms. The molecule has 1 N–H and O–H groups in total. The number of carbonyl (C=O) groups excluding carboxylic acids is 3. The summed E-state index contributed by atoms with van der Waals surface area (Å²) in [4.78, 5) is 36.5. The van der Waals surface area contributed by atoms with Crippen LogP contribution in [0.25, 0.3) is 6.08 Å². The molecule has 33 heavy (non-hydrogen) atoms. The minimum atomic E-state index is -0.659. The normalized spacial score (nSPS) is 10.5. The average Bonchev–Trinajstić information content (AvgIpc) is 2.86. The van der Waals surface area contributed by atoms with Crippen LogP contribution in [0.15, 0.2) is 78.9 Å². The van der Waals surface area contributed by atoms with Crippen molar-refractivity contribution in [3.05, 3.63) is 95.6 Å². The molecule has 0 heterocycles. The molecular formula is C26H23NO6.